The molecule has 0 aromatic carbocycles. The molecule has 3 atom stereocenters. The molecule has 0 aliphatic carbocycles. The van der Waals surface area contributed by atoms with E-state index in [-0.39, 0.29) is 24.9 Å². The summed E-state index contributed by atoms with van der Waals surface area (Å²) in [6.45, 7) is 6.31. The normalized spacial score (nSPS) is 13.8. The van der Waals surface area contributed by atoms with Crippen LogP contribution >= 0.6 is 0 Å². The molecule has 0 aromatic rings. The standard InChI is InChI=1S/C49H89NO5/c1-4-7-10-13-16-19-22-23-24-27-28-31-34-37-40-45(55-49(54)42-39-36-33-30-26-21-18-15-12-9-6-3)43-48(53)50-46(44-51)47(52)41-38-35-32-29-25-20-17-14-11-8-5-2/h7,10,15-16,18-19,23-24,45-47,51-52H,4-6,8-9,11-14,17,20-22,25-44H2,1-3H3,(H,50,53)/b10-7+,18-15-,19-16+,24-23+. The zero-order chi connectivity index (χ0) is 40.3. The van der Waals surface area contributed by atoms with Crippen molar-refractivity contribution in [3.8, 4) is 0 Å². The Balaban J connectivity index is 4.65. The van der Waals surface area contributed by atoms with Crippen LogP contribution in [-0.4, -0.2) is 46.9 Å². The number of carbonyl (C=O) groups is 2. The van der Waals surface area contributed by atoms with Crippen molar-refractivity contribution in [2.24, 2.45) is 0 Å². The van der Waals surface area contributed by atoms with Gasteiger partial charge in [-0.1, -0.05) is 185 Å². The van der Waals surface area contributed by atoms with Gasteiger partial charge < -0.3 is 20.3 Å². The number of ether oxygens (including phenoxy) is 1. The third kappa shape index (κ3) is 38.5. The fraction of sp³-hybridized carbons (Fsp3) is 0.796. The Morgan fingerprint density at radius 2 is 1.00 bits per heavy atom. The van der Waals surface area contributed by atoms with Gasteiger partial charge in [0.25, 0.3) is 0 Å². The molecule has 0 radical (unpaired) electrons. The number of aliphatic hydroxyl groups excluding tert-OH is 2. The van der Waals surface area contributed by atoms with Crippen molar-refractivity contribution in [3.05, 3.63) is 48.6 Å². The first-order valence-corrected chi connectivity index (χ1v) is 23.4. The number of hydrogen-bond donors (Lipinski definition) is 3. The summed E-state index contributed by atoms with van der Waals surface area (Å²) in [5.74, 6) is -0.508. The number of nitrogens with one attached hydrogen (secondary N) is 1. The molecule has 3 unspecified atom stereocenters. The molecule has 0 aromatic heterocycles. The maximum absolute atomic E-state index is 13.1. The average Bonchev–Trinajstić information content (AvgIpc) is 3.18. The first-order chi connectivity index (χ1) is 27.0. The highest BCUT2D eigenvalue weighted by molar-refractivity contribution is 5.77. The van der Waals surface area contributed by atoms with Crippen LogP contribution in [0.25, 0.3) is 0 Å². The summed E-state index contributed by atoms with van der Waals surface area (Å²) in [6.07, 6.45) is 50.2. The number of amides is 1. The van der Waals surface area contributed by atoms with Crippen molar-refractivity contribution in [2.75, 3.05) is 6.61 Å². The van der Waals surface area contributed by atoms with Crippen LogP contribution in [0.15, 0.2) is 48.6 Å². The number of esters is 1. The zero-order valence-corrected chi connectivity index (χ0v) is 36.3. The second-order valence-electron chi connectivity index (χ2n) is 15.8. The van der Waals surface area contributed by atoms with Gasteiger partial charge in [0.1, 0.15) is 6.10 Å². The molecular formula is C49H89NO5. The van der Waals surface area contributed by atoms with Gasteiger partial charge in [0.15, 0.2) is 0 Å². The molecule has 0 saturated carbocycles. The quantitative estimate of drug-likeness (QED) is 0.0327. The minimum Gasteiger partial charge on any atom is -0.462 e. The van der Waals surface area contributed by atoms with E-state index in [1.54, 1.807) is 0 Å². The molecule has 0 saturated heterocycles. The van der Waals surface area contributed by atoms with E-state index in [1.165, 1.54) is 83.5 Å². The number of allylic oxidation sites excluding steroid dienone is 8. The van der Waals surface area contributed by atoms with Gasteiger partial charge in [-0.15, -0.1) is 0 Å². The highest BCUT2D eigenvalue weighted by atomic mass is 16.5. The van der Waals surface area contributed by atoms with Gasteiger partial charge in [-0.2, -0.15) is 0 Å². The van der Waals surface area contributed by atoms with Gasteiger partial charge in [0.2, 0.25) is 5.91 Å². The van der Waals surface area contributed by atoms with Gasteiger partial charge in [0, 0.05) is 6.42 Å². The van der Waals surface area contributed by atoms with Gasteiger partial charge in [-0.3, -0.25) is 9.59 Å². The Kier molecular flexibility index (Phi) is 41.2. The molecule has 0 aliphatic rings. The van der Waals surface area contributed by atoms with Gasteiger partial charge in [0.05, 0.1) is 25.2 Å². The van der Waals surface area contributed by atoms with Crippen molar-refractivity contribution in [2.45, 2.75) is 244 Å². The lowest BCUT2D eigenvalue weighted by Crippen LogP contribution is -2.46. The summed E-state index contributed by atoms with van der Waals surface area (Å²) >= 11 is 0. The SMILES string of the molecule is CC/C=C/C/C=C/C/C=C/CCCCCCC(CC(=O)NC(CO)C(O)CCCCCCCCCCCCC)OC(=O)CCCCCCC/C=C\CCCC. The van der Waals surface area contributed by atoms with E-state index < -0.39 is 18.2 Å². The van der Waals surface area contributed by atoms with Crippen LogP contribution < -0.4 is 5.32 Å². The monoisotopic (exact) mass is 772 g/mol. The predicted molar refractivity (Wildman–Crippen MR) is 236 cm³/mol. The highest BCUT2D eigenvalue weighted by Gasteiger charge is 2.24. The van der Waals surface area contributed by atoms with Crippen LogP contribution in [0, 0.1) is 0 Å². The smallest absolute Gasteiger partial charge is 0.306 e. The van der Waals surface area contributed by atoms with Crippen LogP contribution in [0.2, 0.25) is 0 Å². The Morgan fingerprint density at radius 1 is 0.545 bits per heavy atom. The first kappa shape index (κ1) is 52.8. The fourth-order valence-electron chi connectivity index (χ4n) is 6.84. The average molecular weight is 772 g/mol. The van der Waals surface area contributed by atoms with Crippen LogP contribution in [-0.2, 0) is 14.3 Å². The number of unbranched alkanes of at least 4 members (excludes halogenated alkanes) is 21. The van der Waals surface area contributed by atoms with Gasteiger partial charge in [-0.25, -0.2) is 0 Å². The maximum atomic E-state index is 13.1. The molecule has 6 nitrogen and oxygen atoms in total. The zero-order valence-electron chi connectivity index (χ0n) is 36.3. The van der Waals surface area contributed by atoms with Gasteiger partial charge >= 0.3 is 5.97 Å². The van der Waals surface area contributed by atoms with E-state index in [0.29, 0.717) is 19.3 Å². The molecule has 0 heterocycles. The molecule has 0 rings (SSSR count). The Hall–Kier alpha value is -2.18. The van der Waals surface area contributed by atoms with E-state index in [1.807, 2.05) is 0 Å². The van der Waals surface area contributed by atoms with Crippen LogP contribution in [0.5, 0.6) is 0 Å². The molecule has 0 fully saturated rings. The summed E-state index contributed by atoms with van der Waals surface area (Å²) in [4.78, 5) is 26.0. The third-order valence-electron chi connectivity index (χ3n) is 10.4. The molecule has 6 heteroatoms. The molecule has 3 N–H and O–H groups in total. The summed E-state index contributed by atoms with van der Waals surface area (Å²) in [5, 5.41) is 23.6. The van der Waals surface area contributed by atoms with E-state index in [9.17, 15) is 19.8 Å². The second-order valence-corrected chi connectivity index (χ2v) is 15.8. The lowest BCUT2D eigenvalue weighted by Gasteiger charge is -2.24. The van der Waals surface area contributed by atoms with E-state index in [0.717, 1.165) is 96.3 Å². The maximum Gasteiger partial charge on any atom is 0.306 e. The number of rotatable bonds is 41. The summed E-state index contributed by atoms with van der Waals surface area (Å²) in [6, 6.07) is -0.708. The van der Waals surface area contributed by atoms with Crippen LogP contribution in [0.3, 0.4) is 0 Å². The number of hydrogen-bond acceptors (Lipinski definition) is 5. The fourth-order valence-corrected chi connectivity index (χ4v) is 6.84. The largest absolute Gasteiger partial charge is 0.462 e. The van der Waals surface area contributed by atoms with Crippen molar-refractivity contribution in [3.63, 3.8) is 0 Å². The van der Waals surface area contributed by atoms with Crippen molar-refractivity contribution in [1.29, 1.82) is 0 Å². The van der Waals surface area contributed by atoms with E-state index in [4.69, 9.17) is 4.74 Å². The minimum absolute atomic E-state index is 0.0592. The number of aliphatic hydroxyl groups is 2. The summed E-state index contributed by atoms with van der Waals surface area (Å²) in [7, 11) is 0. The Bertz CT molecular complexity index is 957. The lowest BCUT2D eigenvalue weighted by molar-refractivity contribution is -0.151. The van der Waals surface area contributed by atoms with Gasteiger partial charge in [-0.05, 0) is 77.0 Å². The number of carbonyl (C=O) groups excluding carboxylic acids is 2. The molecule has 0 aliphatic heterocycles. The molecule has 0 spiro atoms. The minimum atomic E-state index is -0.793. The topological polar surface area (TPSA) is 95.9 Å². The highest BCUT2D eigenvalue weighted by Crippen LogP contribution is 2.17. The van der Waals surface area contributed by atoms with Crippen molar-refractivity contribution in [1.82, 2.24) is 5.32 Å². The van der Waals surface area contributed by atoms with E-state index in [2.05, 4.69) is 74.7 Å². The second kappa shape index (κ2) is 43.0. The Morgan fingerprint density at radius 3 is 1.56 bits per heavy atom. The van der Waals surface area contributed by atoms with E-state index >= 15 is 0 Å². The predicted octanol–water partition coefficient (Wildman–Crippen LogP) is 13.5. The third-order valence-corrected chi connectivity index (χ3v) is 10.4. The molecule has 55 heavy (non-hydrogen) atoms. The summed E-state index contributed by atoms with van der Waals surface area (Å²) in [5.41, 5.74) is 0. The van der Waals surface area contributed by atoms with Crippen molar-refractivity contribution >= 4 is 11.9 Å². The Labute approximate surface area is 340 Å². The molecule has 0 bridgehead atoms. The van der Waals surface area contributed by atoms with Crippen molar-refractivity contribution < 1.29 is 24.5 Å². The lowest BCUT2D eigenvalue weighted by atomic mass is 10.0. The molecular weight excluding hydrogens is 683 g/mol. The summed E-state index contributed by atoms with van der Waals surface area (Å²) < 4.78 is 5.89. The molecule has 320 valence electrons. The van der Waals surface area contributed by atoms with Crippen LogP contribution in [0.4, 0.5) is 0 Å². The molecule has 1 amide bonds. The first-order valence-electron chi connectivity index (χ1n) is 23.4. The van der Waals surface area contributed by atoms with Crippen LogP contribution in [0.1, 0.15) is 226 Å².